The third-order valence-corrected chi connectivity index (χ3v) is 4.84. The molecule has 2 atom stereocenters. The smallest absolute Gasteiger partial charge is 0.423 e. The first-order chi connectivity index (χ1) is 10.7. The van der Waals surface area contributed by atoms with Crippen LogP contribution >= 0.6 is 0 Å². The van der Waals surface area contributed by atoms with Gasteiger partial charge in [-0.1, -0.05) is 0 Å². The lowest BCUT2D eigenvalue weighted by molar-refractivity contribution is -0.00293. The molecule has 2 fully saturated rings. The van der Waals surface area contributed by atoms with Crippen LogP contribution in [0.3, 0.4) is 0 Å². The van der Waals surface area contributed by atoms with Crippen molar-refractivity contribution in [1.82, 2.24) is 9.21 Å². The van der Waals surface area contributed by atoms with Crippen molar-refractivity contribution in [3.63, 3.8) is 0 Å². The van der Waals surface area contributed by atoms with Gasteiger partial charge in [0.2, 0.25) is 0 Å². The number of carbonyl (C=O) groups excluding carboxylic acids is 1. The zero-order chi connectivity index (χ0) is 18.5. The minimum Gasteiger partial charge on any atom is -0.464 e. The highest BCUT2D eigenvalue weighted by Crippen LogP contribution is 2.38. The Morgan fingerprint density at radius 3 is 2.38 bits per heavy atom. The monoisotopic (exact) mass is 372 g/mol. The summed E-state index contributed by atoms with van der Waals surface area (Å²) in [5.74, 6) is -3.29. The van der Waals surface area contributed by atoms with E-state index >= 15 is 0 Å². The Balaban J connectivity index is 2.32. The Morgan fingerprint density at radius 1 is 1.29 bits per heavy atom. The van der Waals surface area contributed by atoms with Gasteiger partial charge in [-0.15, -0.1) is 0 Å². The first-order valence-electron chi connectivity index (χ1n) is 7.03. The second-order valence-corrected chi connectivity index (χ2v) is 8.11. The molecule has 2 heterocycles. The summed E-state index contributed by atoms with van der Waals surface area (Å²) in [6, 6.07) is -2.85. The van der Waals surface area contributed by atoms with Crippen LogP contribution in [0.1, 0.15) is 27.2 Å². The maximum absolute atomic E-state index is 13.8. The van der Waals surface area contributed by atoms with E-state index in [1.807, 2.05) is 0 Å². The van der Waals surface area contributed by atoms with Gasteiger partial charge in [-0.3, -0.25) is 9.08 Å². The molecule has 2 amide bonds. The lowest BCUT2D eigenvalue weighted by Gasteiger charge is -2.32. The number of amides is 2. The minimum atomic E-state index is -4.58. The van der Waals surface area contributed by atoms with Crippen LogP contribution in [-0.2, 0) is 19.2 Å². The zero-order valence-corrected chi connectivity index (χ0v) is 14.0. The summed E-state index contributed by atoms with van der Waals surface area (Å²) in [6.07, 6.45) is -3.82. The van der Waals surface area contributed by atoms with E-state index in [0.29, 0.717) is 4.90 Å². The highest BCUT2D eigenvalue weighted by Gasteiger charge is 2.57. The second-order valence-electron chi connectivity index (χ2n) is 6.62. The summed E-state index contributed by atoms with van der Waals surface area (Å²) in [7, 11) is -4.58. The zero-order valence-electron chi connectivity index (χ0n) is 13.2. The molecule has 2 aliphatic heterocycles. The Bertz CT molecular complexity index is 646. The number of carboxylic acid groups (broad SMARTS) is 1. The van der Waals surface area contributed by atoms with Crippen molar-refractivity contribution in [2.45, 2.75) is 50.8 Å². The van der Waals surface area contributed by atoms with Crippen LogP contribution in [0.4, 0.5) is 18.4 Å². The number of alkyl halides is 2. The fourth-order valence-electron chi connectivity index (χ4n) is 2.66. The van der Waals surface area contributed by atoms with Gasteiger partial charge in [0, 0.05) is 6.42 Å². The maximum Gasteiger partial charge on any atom is 0.423 e. The average Bonchev–Trinajstić information content (AvgIpc) is 2.83. The third kappa shape index (κ3) is 3.69. The molecule has 0 radical (unpaired) electrons. The van der Waals surface area contributed by atoms with Gasteiger partial charge in [0.05, 0.1) is 25.2 Å². The first-order valence-corrected chi connectivity index (χ1v) is 8.39. The predicted octanol–water partition coefficient (Wildman–Crippen LogP) is 1.25. The Hall–Kier alpha value is -1.69. The Morgan fingerprint density at radius 2 is 1.88 bits per heavy atom. The minimum absolute atomic E-state index is 0.0313. The highest BCUT2D eigenvalue weighted by molar-refractivity contribution is 7.85. The lowest BCUT2D eigenvalue weighted by atomic mass is 10.1. The van der Waals surface area contributed by atoms with E-state index in [2.05, 4.69) is 4.18 Å². The Labute approximate surface area is 137 Å². The maximum atomic E-state index is 13.8. The molecule has 0 aromatic carbocycles. The van der Waals surface area contributed by atoms with E-state index in [9.17, 15) is 26.8 Å². The number of likely N-dealkylation sites (tertiary alicyclic amines) is 1. The van der Waals surface area contributed by atoms with E-state index < -0.39 is 65.7 Å². The molecule has 0 saturated carbocycles. The fourth-order valence-corrected chi connectivity index (χ4v) is 3.81. The van der Waals surface area contributed by atoms with Gasteiger partial charge >= 0.3 is 22.5 Å². The molecular weight excluding hydrogens is 354 g/mol. The van der Waals surface area contributed by atoms with Crippen LogP contribution in [0, 0.1) is 0 Å². The van der Waals surface area contributed by atoms with Crippen LogP contribution in [0.15, 0.2) is 0 Å². The van der Waals surface area contributed by atoms with Crippen molar-refractivity contribution >= 4 is 22.5 Å². The molecule has 2 saturated heterocycles. The largest absolute Gasteiger partial charge is 0.464 e. The number of halogens is 2. The molecule has 0 spiro atoms. The van der Waals surface area contributed by atoms with Gasteiger partial charge in [-0.25, -0.2) is 18.4 Å². The molecule has 9 nitrogen and oxygen atoms in total. The van der Waals surface area contributed by atoms with Crippen molar-refractivity contribution in [2.75, 3.05) is 13.2 Å². The molecule has 0 unspecified atom stereocenters. The molecule has 0 aliphatic carbocycles. The van der Waals surface area contributed by atoms with Gasteiger partial charge in [-0.05, 0) is 20.8 Å². The lowest BCUT2D eigenvalue weighted by Crippen LogP contribution is -2.52. The summed E-state index contributed by atoms with van der Waals surface area (Å²) >= 11 is 0. The van der Waals surface area contributed by atoms with E-state index in [1.54, 1.807) is 20.8 Å². The molecular formula is C12H18F2N2O7S. The molecule has 0 aromatic heterocycles. The summed E-state index contributed by atoms with van der Waals surface area (Å²) in [6.45, 7) is 2.99. The fraction of sp³-hybridized carbons (Fsp3) is 0.833. The Kier molecular flexibility index (Phi) is 4.42. The second kappa shape index (κ2) is 5.69. The van der Waals surface area contributed by atoms with Crippen molar-refractivity contribution in [1.29, 1.82) is 0 Å². The molecule has 0 aromatic rings. The predicted molar refractivity (Wildman–Crippen MR) is 74.8 cm³/mol. The molecule has 138 valence electrons. The summed E-state index contributed by atoms with van der Waals surface area (Å²) in [5.41, 5.74) is -0.954. The van der Waals surface area contributed by atoms with Crippen LogP contribution in [0.2, 0.25) is 0 Å². The molecule has 12 heteroatoms. The van der Waals surface area contributed by atoms with E-state index in [0.717, 1.165) is 0 Å². The van der Waals surface area contributed by atoms with Gasteiger partial charge in [-0.2, -0.15) is 12.7 Å². The van der Waals surface area contributed by atoms with E-state index in [-0.39, 0.29) is 4.31 Å². The number of ether oxygens (including phenoxy) is 1. The van der Waals surface area contributed by atoms with Crippen LogP contribution < -0.4 is 0 Å². The van der Waals surface area contributed by atoms with Crippen molar-refractivity contribution in [3.05, 3.63) is 0 Å². The van der Waals surface area contributed by atoms with Crippen molar-refractivity contribution < 1.29 is 40.8 Å². The standard InChI is InChI=1S/C12H18F2N2O7S/c1-11(2,3)23-10(19)15-6-12(13,14)4-7(15)8-5-22-24(20,21)16(8)9(17)18/h7-8H,4-6H2,1-3H3,(H,17,18)/t7-,8-/m0/s1. The summed E-state index contributed by atoms with van der Waals surface area (Å²) in [4.78, 5) is 24.0. The number of carbonyl (C=O) groups is 2. The van der Waals surface area contributed by atoms with E-state index in [4.69, 9.17) is 9.84 Å². The van der Waals surface area contributed by atoms with E-state index in [1.165, 1.54) is 0 Å². The third-order valence-electron chi connectivity index (χ3n) is 3.50. The number of hydrogen-bond acceptors (Lipinski definition) is 6. The topological polar surface area (TPSA) is 113 Å². The highest BCUT2D eigenvalue weighted by atomic mass is 32.2. The molecule has 0 bridgehead atoms. The van der Waals surface area contributed by atoms with Gasteiger partial charge in [0.25, 0.3) is 5.92 Å². The van der Waals surface area contributed by atoms with Gasteiger partial charge < -0.3 is 9.84 Å². The van der Waals surface area contributed by atoms with Crippen LogP contribution in [0.5, 0.6) is 0 Å². The first kappa shape index (κ1) is 18.6. The van der Waals surface area contributed by atoms with Crippen LogP contribution in [0.25, 0.3) is 0 Å². The summed E-state index contributed by atoms with van der Waals surface area (Å²) in [5, 5.41) is 9.07. The molecule has 1 N–H and O–H groups in total. The summed E-state index contributed by atoms with van der Waals surface area (Å²) < 4.78 is 60.3. The number of nitrogens with zero attached hydrogens (tertiary/aromatic N) is 2. The molecule has 24 heavy (non-hydrogen) atoms. The normalized spacial score (nSPS) is 28.9. The number of rotatable bonds is 1. The van der Waals surface area contributed by atoms with Crippen LogP contribution in [-0.4, -0.2) is 71.7 Å². The SMILES string of the molecule is CC(C)(C)OC(=O)N1CC(F)(F)C[C@H]1[C@@H]1COS(=O)(=O)N1C(=O)O. The van der Waals surface area contributed by atoms with Crippen molar-refractivity contribution in [3.8, 4) is 0 Å². The molecule has 2 aliphatic rings. The van der Waals surface area contributed by atoms with Gasteiger partial charge in [0.15, 0.2) is 0 Å². The van der Waals surface area contributed by atoms with Gasteiger partial charge in [0.1, 0.15) is 5.60 Å². The average molecular weight is 372 g/mol. The quantitative estimate of drug-likeness (QED) is 0.737. The number of hydrogen-bond donors (Lipinski definition) is 1. The molecule has 2 rings (SSSR count). The van der Waals surface area contributed by atoms with Crippen molar-refractivity contribution in [2.24, 2.45) is 0 Å².